The lowest BCUT2D eigenvalue weighted by atomic mass is 10.1. The van der Waals surface area contributed by atoms with Crippen LogP contribution >= 0.6 is 11.8 Å². The van der Waals surface area contributed by atoms with Gasteiger partial charge < -0.3 is 0 Å². The molecule has 0 saturated heterocycles. The lowest BCUT2D eigenvalue weighted by Crippen LogP contribution is -2.34. The molecule has 0 unspecified atom stereocenters. The van der Waals surface area contributed by atoms with E-state index >= 15 is 0 Å². The first kappa shape index (κ1) is 19.5. The van der Waals surface area contributed by atoms with Crippen LogP contribution in [0.15, 0.2) is 47.5 Å². The third-order valence-electron chi connectivity index (χ3n) is 4.37. The van der Waals surface area contributed by atoms with E-state index in [1.165, 1.54) is 34.9 Å². The van der Waals surface area contributed by atoms with Gasteiger partial charge in [-0.3, -0.25) is 14.7 Å². The zero-order chi connectivity index (χ0) is 19.6. The SMILES string of the molecule is Cc1ccc(C)c(CSC2=NCCN2C(=O)c2ccccc2C(F)(F)F)c1. The molecule has 1 heterocycles. The fourth-order valence-corrected chi connectivity index (χ4v) is 4.01. The molecule has 27 heavy (non-hydrogen) atoms. The zero-order valence-corrected chi connectivity index (χ0v) is 15.8. The van der Waals surface area contributed by atoms with E-state index in [1.807, 2.05) is 26.0 Å². The molecular weight excluding hydrogens is 373 g/mol. The van der Waals surface area contributed by atoms with Gasteiger partial charge in [0.15, 0.2) is 5.17 Å². The van der Waals surface area contributed by atoms with Gasteiger partial charge in [-0.15, -0.1) is 0 Å². The fraction of sp³-hybridized carbons (Fsp3) is 0.300. The van der Waals surface area contributed by atoms with Crippen molar-refractivity contribution in [3.05, 3.63) is 70.3 Å². The van der Waals surface area contributed by atoms with Crippen LogP contribution in [0.4, 0.5) is 13.2 Å². The van der Waals surface area contributed by atoms with Gasteiger partial charge in [-0.1, -0.05) is 47.7 Å². The van der Waals surface area contributed by atoms with Crippen molar-refractivity contribution < 1.29 is 18.0 Å². The smallest absolute Gasteiger partial charge is 0.286 e. The number of nitrogens with zero attached hydrogens (tertiary/aromatic N) is 2. The molecule has 2 aromatic carbocycles. The Morgan fingerprint density at radius 1 is 1.19 bits per heavy atom. The van der Waals surface area contributed by atoms with Crippen molar-refractivity contribution in [3.8, 4) is 0 Å². The molecule has 1 aliphatic heterocycles. The van der Waals surface area contributed by atoms with Crippen molar-refractivity contribution in [3.63, 3.8) is 0 Å². The normalized spacial score (nSPS) is 14.4. The maximum Gasteiger partial charge on any atom is 0.417 e. The Hall–Kier alpha value is -2.28. The number of amides is 1. The number of halogens is 3. The van der Waals surface area contributed by atoms with E-state index < -0.39 is 17.6 Å². The van der Waals surface area contributed by atoms with Crippen molar-refractivity contribution in [2.75, 3.05) is 13.1 Å². The number of aryl methyl sites for hydroxylation is 2. The summed E-state index contributed by atoms with van der Waals surface area (Å²) in [6, 6.07) is 11.0. The number of carbonyl (C=O) groups is 1. The van der Waals surface area contributed by atoms with E-state index in [0.717, 1.165) is 22.8 Å². The van der Waals surface area contributed by atoms with E-state index in [0.29, 0.717) is 24.0 Å². The number of carbonyl (C=O) groups excluding carboxylic acids is 1. The van der Waals surface area contributed by atoms with Gasteiger partial charge in [0, 0.05) is 12.3 Å². The first-order valence-electron chi connectivity index (χ1n) is 8.49. The first-order chi connectivity index (χ1) is 12.8. The van der Waals surface area contributed by atoms with Crippen LogP contribution in [0.1, 0.15) is 32.6 Å². The second-order valence-electron chi connectivity index (χ2n) is 6.38. The van der Waals surface area contributed by atoms with Crippen LogP contribution in [-0.4, -0.2) is 29.1 Å². The van der Waals surface area contributed by atoms with Crippen LogP contribution in [0.3, 0.4) is 0 Å². The number of alkyl halides is 3. The summed E-state index contributed by atoms with van der Waals surface area (Å²) in [6.45, 7) is 4.70. The second kappa shape index (κ2) is 7.76. The molecule has 1 aliphatic rings. The predicted octanol–water partition coefficient (Wildman–Crippen LogP) is 5.07. The highest BCUT2D eigenvalue weighted by atomic mass is 32.2. The molecule has 142 valence electrons. The Labute approximate surface area is 160 Å². The molecule has 3 rings (SSSR count). The van der Waals surface area contributed by atoms with Crippen LogP contribution in [0.25, 0.3) is 0 Å². The van der Waals surface area contributed by atoms with Gasteiger partial charge in [-0.2, -0.15) is 13.2 Å². The monoisotopic (exact) mass is 392 g/mol. The first-order valence-corrected chi connectivity index (χ1v) is 9.47. The molecule has 0 radical (unpaired) electrons. The average molecular weight is 392 g/mol. The van der Waals surface area contributed by atoms with Gasteiger partial charge in [0.25, 0.3) is 5.91 Å². The van der Waals surface area contributed by atoms with Crippen LogP contribution in [-0.2, 0) is 11.9 Å². The summed E-state index contributed by atoms with van der Waals surface area (Å²) in [5.74, 6) is -0.0514. The summed E-state index contributed by atoms with van der Waals surface area (Å²) in [5.41, 5.74) is 2.13. The minimum atomic E-state index is -4.57. The van der Waals surface area contributed by atoms with Crippen LogP contribution in [0.2, 0.25) is 0 Å². The van der Waals surface area contributed by atoms with Gasteiger partial charge in [-0.05, 0) is 37.1 Å². The van der Waals surface area contributed by atoms with E-state index in [1.54, 1.807) is 0 Å². The number of rotatable bonds is 3. The lowest BCUT2D eigenvalue weighted by molar-refractivity contribution is -0.138. The summed E-state index contributed by atoms with van der Waals surface area (Å²) >= 11 is 1.38. The standard InChI is InChI=1S/C20H19F3N2OS/c1-13-7-8-14(2)15(11-13)12-27-19-24-9-10-25(19)18(26)16-5-3-4-6-17(16)20(21,22)23/h3-8,11H,9-10,12H2,1-2H3. The van der Waals surface area contributed by atoms with Crippen molar-refractivity contribution in [1.82, 2.24) is 4.90 Å². The highest BCUT2D eigenvalue weighted by Gasteiger charge is 2.37. The summed E-state index contributed by atoms with van der Waals surface area (Å²) in [6.07, 6.45) is -4.57. The van der Waals surface area contributed by atoms with Gasteiger partial charge >= 0.3 is 6.18 Å². The van der Waals surface area contributed by atoms with E-state index in [2.05, 4.69) is 11.1 Å². The Balaban J connectivity index is 1.79. The summed E-state index contributed by atoms with van der Waals surface area (Å²) < 4.78 is 39.7. The van der Waals surface area contributed by atoms with Crippen LogP contribution < -0.4 is 0 Å². The molecule has 7 heteroatoms. The molecular formula is C20H19F3N2OS. The Morgan fingerprint density at radius 2 is 1.93 bits per heavy atom. The molecule has 3 nitrogen and oxygen atoms in total. The summed E-state index contributed by atoms with van der Waals surface area (Å²) in [4.78, 5) is 18.5. The summed E-state index contributed by atoms with van der Waals surface area (Å²) in [5, 5.41) is 0.470. The predicted molar refractivity (Wildman–Crippen MR) is 102 cm³/mol. The molecule has 0 atom stereocenters. The second-order valence-corrected chi connectivity index (χ2v) is 7.33. The van der Waals surface area contributed by atoms with Gasteiger partial charge in [-0.25, -0.2) is 0 Å². The van der Waals surface area contributed by atoms with Gasteiger partial charge in [0.05, 0.1) is 17.7 Å². The van der Waals surface area contributed by atoms with Crippen LogP contribution in [0.5, 0.6) is 0 Å². The maximum atomic E-state index is 13.2. The Bertz CT molecular complexity index is 893. The highest BCUT2D eigenvalue weighted by Crippen LogP contribution is 2.33. The topological polar surface area (TPSA) is 32.7 Å². The van der Waals surface area contributed by atoms with Gasteiger partial charge in [0.2, 0.25) is 0 Å². The lowest BCUT2D eigenvalue weighted by Gasteiger charge is -2.20. The minimum absolute atomic E-state index is 0.292. The third-order valence-corrected chi connectivity index (χ3v) is 5.43. The largest absolute Gasteiger partial charge is 0.417 e. The van der Waals surface area contributed by atoms with Crippen molar-refractivity contribution in [2.24, 2.45) is 4.99 Å². The Kier molecular flexibility index (Phi) is 5.60. The zero-order valence-electron chi connectivity index (χ0n) is 15.0. The number of hydrogen-bond donors (Lipinski definition) is 0. The minimum Gasteiger partial charge on any atom is -0.286 e. The molecule has 0 aliphatic carbocycles. The van der Waals surface area contributed by atoms with E-state index in [4.69, 9.17) is 0 Å². The van der Waals surface area contributed by atoms with Crippen LogP contribution in [0, 0.1) is 13.8 Å². The third kappa shape index (κ3) is 4.35. The molecule has 0 fully saturated rings. The number of thioether (sulfide) groups is 1. The highest BCUT2D eigenvalue weighted by molar-refractivity contribution is 8.13. The molecule has 0 N–H and O–H groups in total. The average Bonchev–Trinajstić information content (AvgIpc) is 3.09. The molecule has 1 amide bonds. The Morgan fingerprint density at radius 3 is 2.67 bits per heavy atom. The quantitative estimate of drug-likeness (QED) is 0.731. The number of aliphatic imine (C=N–C) groups is 1. The molecule has 0 bridgehead atoms. The fourth-order valence-electron chi connectivity index (χ4n) is 2.90. The number of benzene rings is 2. The van der Waals surface area contributed by atoms with E-state index in [9.17, 15) is 18.0 Å². The summed E-state index contributed by atoms with van der Waals surface area (Å²) in [7, 11) is 0. The maximum absolute atomic E-state index is 13.2. The van der Waals surface area contributed by atoms with Crippen molar-refractivity contribution in [1.29, 1.82) is 0 Å². The van der Waals surface area contributed by atoms with E-state index in [-0.39, 0.29) is 5.56 Å². The number of amidine groups is 1. The molecule has 2 aromatic rings. The van der Waals surface area contributed by atoms with Gasteiger partial charge in [0.1, 0.15) is 0 Å². The molecule has 0 spiro atoms. The molecule has 0 saturated carbocycles. The molecule has 0 aromatic heterocycles. The van der Waals surface area contributed by atoms with Crippen molar-refractivity contribution >= 4 is 22.8 Å². The van der Waals surface area contributed by atoms with Crippen molar-refractivity contribution in [2.45, 2.75) is 25.8 Å². The number of hydrogen-bond acceptors (Lipinski definition) is 3.